The van der Waals surface area contributed by atoms with Crippen LogP contribution in [0.5, 0.6) is 34.5 Å². The second kappa shape index (κ2) is 29.5. The van der Waals surface area contributed by atoms with E-state index in [1.54, 1.807) is 66.7 Å². The molecule has 0 unspecified atom stereocenters. The van der Waals surface area contributed by atoms with Crippen LogP contribution in [0.4, 0.5) is 5.69 Å². The second-order valence-corrected chi connectivity index (χ2v) is 20.1. The number of hydrogen-bond donors (Lipinski definition) is 0. The van der Waals surface area contributed by atoms with Gasteiger partial charge in [-0.15, -0.1) is 11.3 Å². The topological polar surface area (TPSA) is 232 Å². The summed E-state index contributed by atoms with van der Waals surface area (Å²) in [6.45, 7) is 8.51. The van der Waals surface area contributed by atoms with Crippen molar-refractivity contribution in [3.8, 4) is 45.1 Å². The Kier molecular flexibility index (Phi) is 21.9. The number of benzene rings is 4. The molecule has 19 heteroatoms. The van der Waals surface area contributed by atoms with Crippen LogP contribution < -0.4 is 28.4 Å². The van der Waals surface area contributed by atoms with E-state index in [1.165, 1.54) is 29.5 Å². The predicted molar refractivity (Wildman–Crippen MR) is 288 cm³/mol. The van der Waals surface area contributed by atoms with Crippen LogP contribution in [0.2, 0.25) is 0 Å². The van der Waals surface area contributed by atoms with E-state index in [-0.39, 0.29) is 34.6 Å². The molecule has 1 aromatic heterocycles. The third-order valence-electron chi connectivity index (χ3n) is 13.5. The van der Waals surface area contributed by atoms with Gasteiger partial charge in [0.05, 0.1) is 55.0 Å². The molecular formula is C59H64N2O16S. The number of non-ortho nitro benzene ring substituents is 1. The fourth-order valence-electron chi connectivity index (χ4n) is 9.05. The van der Waals surface area contributed by atoms with Crippen LogP contribution in [-0.2, 0) is 38.2 Å². The molecule has 78 heavy (non-hydrogen) atoms. The third kappa shape index (κ3) is 17.3. The summed E-state index contributed by atoms with van der Waals surface area (Å²) in [6, 6.07) is 22.6. The summed E-state index contributed by atoms with van der Waals surface area (Å²) >= 11 is 1.18. The van der Waals surface area contributed by atoms with Crippen molar-refractivity contribution in [2.24, 2.45) is 23.7 Å². The lowest BCUT2D eigenvalue weighted by Crippen LogP contribution is -2.30. The van der Waals surface area contributed by atoms with Crippen molar-refractivity contribution in [3.63, 3.8) is 0 Å². The molecule has 2 saturated carbocycles. The Morgan fingerprint density at radius 1 is 0.500 bits per heavy atom. The number of ether oxygens (including phenoxy) is 8. The quantitative estimate of drug-likeness (QED) is 0.0113. The zero-order chi connectivity index (χ0) is 55.2. The van der Waals surface area contributed by atoms with Gasteiger partial charge >= 0.3 is 35.8 Å². The fourth-order valence-corrected chi connectivity index (χ4v) is 10.1. The van der Waals surface area contributed by atoms with Crippen molar-refractivity contribution in [1.82, 2.24) is 4.98 Å². The van der Waals surface area contributed by atoms with Gasteiger partial charge in [-0.2, -0.15) is 0 Å². The smallest absolute Gasteiger partial charge is 0.330 e. The highest BCUT2D eigenvalue weighted by Crippen LogP contribution is 2.43. The second-order valence-electron chi connectivity index (χ2n) is 19.1. The monoisotopic (exact) mass is 1090 g/mol. The first-order valence-corrected chi connectivity index (χ1v) is 27.3. The number of nitro groups is 1. The molecule has 0 N–H and O–H groups in total. The van der Waals surface area contributed by atoms with Gasteiger partial charge in [0.25, 0.3) is 5.69 Å². The molecule has 7 rings (SSSR count). The zero-order valence-electron chi connectivity index (χ0n) is 43.4. The normalized spacial score (nSPS) is 16.9. The van der Waals surface area contributed by atoms with Crippen molar-refractivity contribution in [1.29, 1.82) is 0 Å². The molecule has 0 radical (unpaired) electrons. The standard InChI is InChI=1S/C59H64N2O16S/c1-3-51(62)72-37-11-7-5-9-35-70-45-25-29-47(30-26-45)74-56(64)40-13-17-42(18-14-40)58(66)76-49-33-34-50(54-53(49)60-55(78-54)39-21-23-44(24-22-39)61(68)69)77-59(67)43-19-15-41(16-20-43)57(65)75-48-31-27-46(28-32-48)71-36-10-6-8-12-38-73-52(63)4-2/h3-4,21-34,40-43H,1-2,5-20,35-38H2/t40-,41-,42-,43-. The van der Waals surface area contributed by atoms with Gasteiger partial charge in [0.2, 0.25) is 0 Å². The van der Waals surface area contributed by atoms with Gasteiger partial charge in [-0.05, 0) is 176 Å². The van der Waals surface area contributed by atoms with Crippen molar-refractivity contribution in [2.75, 3.05) is 26.4 Å². The average molecular weight is 1090 g/mol. The van der Waals surface area contributed by atoms with E-state index in [9.17, 15) is 38.9 Å². The molecule has 0 spiro atoms. The molecule has 18 nitrogen and oxygen atoms in total. The Bertz CT molecular complexity index is 2700. The molecule has 2 aliphatic rings. The maximum atomic E-state index is 13.7. The average Bonchev–Trinajstić information content (AvgIpc) is 3.99. The summed E-state index contributed by atoms with van der Waals surface area (Å²) in [7, 11) is 0. The lowest BCUT2D eigenvalue weighted by Gasteiger charge is -2.26. The van der Waals surface area contributed by atoms with E-state index in [4.69, 9.17) is 42.9 Å². The number of hydrogen-bond acceptors (Lipinski definition) is 18. The number of esters is 6. The first-order chi connectivity index (χ1) is 37.9. The van der Waals surface area contributed by atoms with E-state index >= 15 is 0 Å². The van der Waals surface area contributed by atoms with Gasteiger partial charge in [0.1, 0.15) is 38.2 Å². The first-order valence-electron chi connectivity index (χ1n) is 26.5. The molecule has 0 amide bonds. The van der Waals surface area contributed by atoms with E-state index in [0.717, 1.165) is 63.5 Å². The number of nitrogens with zero attached hydrogens (tertiary/aromatic N) is 2. The van der Waals surface area contributed by atoms with Crippen LogP contribution in [-0.4, -0.2) is 72.2 Å². The van der Waals surface area contributed by atoms with Crippen molar-refractivity contribution < 1.29 is 71.6 Å². The van der Waals surface area contributed by atoms with Crippen LogP contribution in [0.15, 0.2) is 110 Å². The minimum absolute atomic E-state index is 0.0972. The lowest BCUT2D eigenvalue weighted by atomic mass is 9.82. The number of rotatable bonds is 28. The van der Waals surface area contributed by atoms with Gasteiger partial charge < -0.3 is 37.9 Å². The van der Waals surface area contributed by atoms with E-state index in [1.807, 2.05) is 0 Å². The molecule has 0 atom stereocenters. The Morgan fingerprint density at radius 2 is 0.872 bits per heavy atom. The maximum Gasteiger partial charge on any atom is 0.330 e. The van der Waals surface area contributed by atoms with Crippen molar-refractivity contribution in [2.45, 2.75) is 103 Å². The number of carbonyl (C=O) groups is 6. The Hall–Kier alpha value is -7.93. The Balaban J connectivity index is 0.876. The molecule has 1 heterocycles. The third-order valence-corrected chi connectivity index (χ3v) is 14.6. The highest BCUT2D eigenvalue weighted by molar-refractivity contribution is 7.22. The van der Waals surface area contributed by atoms with Crippen LogP contribution in [0.25, 0.3) is 20.8 Å². The summed E-state index contributed by atoms with van der Waals surface area (Å²) in [6.07, 6.45) is 12.4. The van der Waals surface area contributed by atoms with Gasteiger partial charge in [-0.3, -0.25) is 29.3 Å². The molecule has 0 aliphatic heterocycles. The van der Waals surface area contributed by atoms with E-state index < -0.39 is 52.5 Å². The summed E-state index contributed by atoms with van der Waals surface area (Å²) in [5, 5.41) is 11.8. The SMILES string of the molecule is C=CC(=O)OCCCCCCOc1ccc(OC(=O)[C@H]2CC[C@H](C(=O)Oc3ccc(OC(=O)[C@H]4CC[C@H](C(=O)Oc5ccc(OCCCCCCOC(=O)C=C)cc5)CC4)c4sc(-c5ccc([N+](=O)[O-])cc5)nc34)CC2)cc1. The van der Waals surface area contributed by atoms with Crippen LogP contribution in [0.3, 0.4) is 0 Å². The lowest BCUT2D eigenvalue weighted by molar-refractivity contribution is -0.384. The number of carbonyl (C=O) groups excluding carboxylic acids is 6. The van der Waals surface area contributed by atoms with Gasteiger partial charge in [0.15, 0.2) is 11.5 Å². The summed E-state index contributed by atoms with van der Waals surface area (Å²) in [5.41, 5.74) is 0.737. The first kappa shape index (κ1) is 57.8. The van der Waals surface area contributed by atoms with E-state index in [2.05, 4.69) is 13.2 Å². The fraction of sp³-hybridized carbons (Fsp3) is 0.407. The van der Waals surface area contributed by atoms with Crippen molar-refractivity contribution in [3.05, 3.63) is 120 Å². The minimum atomic E-state index is -0.505. The van der Waals surface area contributed by atoms with Gasteiger partial charge in [-0.25, -0.2) is 14.6 Å². The van der Waals surface area contributed by atoms with Crippen LogP contribution in [0, 0.1) is 33.8 Å². The maximum absolute atomic E-state index is 13.7. The molecule has 2 aliphatic carbocycles. The number of thiazole rings is 1. The molecule has 4 aromatic carbocycles. The largest absolute Gasteiger partial charge is 0.494 e. The minimum Gasteiger partial charge on any atom is -0.494 e. The summed E-state index contributed by atoms with van der Waals surface area (Å²) in [5.74, 6) is -1.99. The molecule has 0 bridgehead atoms. The highest BCUT2D eigenvalue weighted by Gasteiger charge is 2.35. The van der Waals surface area contributed by atoms with Gasteiger partial charge in [0, 0.05) is 29.8 Å². The molecule has 0 saturated heterocycles. The number of nitro benzene ring substituents is 1. The zero-order valence-corrected chi connectivity index (χ0v) is 44.3. The number of aromatic nitrogens is 1. The molecule has 412 valence electrons. The van der Waals surface area contributed by atoms with Crippen LogP contribution in [0.1, 0.15) is 103 Å². The molecule has 2 fully saturated rings. The molecular weight excluding hydrogens is 1020 g/mol. The Morgan fingerprint density at radius 3 is 1.28 bits per heavy atom. The molecule has 5 aromatic rings. The van der Waals surface area contributed by atoms with Gasteiger partial charge in [-0.1, -0.05) is 13.2 Å². The number of fused-ring (bicyclic) bond motifs is 1. The summed E-state index contributed by atoms with van der Waals surface area (Å²) < 4.78 is 45.4. The summed E-state index contributed by atoms with van der Waals surface area (Å²) in [4.78, 5) is 91.8. The predicted octanol–water partition coefficient (Wildman–Crippen LogP) is 11.8. The number of unbranched alkanes of at least 4 members (excludes halogenated alkanes) is 6. The highest BCUT2D eigenvalue weighted by atomic mass is 32.1. The van der Waals surface area contributed by atoms with Crippen molar-refractivity contribution >= 4 is 63.1 Å². The Labute approximate surface area is 456 Å². The van der Waals surface area contributed by atoms with Crippen LogP contribution >= 0.6 is 11.3 Å². The van der Waals surface area contributed by atoms with E-state index in [0.29, 0.717) is 116 Å².